The van der Waals surface area contributed by atoms with Gasteiger partial charge < -0.3 is 10.8 Å². The minimum atomic E-state index is -1.03. The summed E-state index contributed by atoms with van der Waals surface area (Å²) in [6, 6.07) is 0. The third-order valence-electron chi connectivity index (χ3n) is 3.39. The molecule has 0 aliphatic carbocycles. The monoisotopic (exact) mass is 298 g/mol. The average molecular weight is 298 g/mol. The third kappa shape index (κ3) is 6.37. The van der Waals surface area contributed by atoms with Gasteiger partial charge in [-0.2, -0.15) is 0 Å². The molecule has 1 rings (SSSR count). The Kier molecular flexibility index (Phi) is 8.26. The van der Waals surface area contributed by atoms with Crippen LogP contribution in [0.5, 0.6) is 0 Å². The minimum Gasteiger partial charge on any atom is -0.476 e. The van der Waals surface area contributed by atoms with Crippen LogP contribution < -0.4 is 5.73 Å². The minimum absolute atomic E-state index is 0.0147. The van der Waals surface area contributed by atoms with Gasteiger partial charge in [-0.3, -0.25) is 0 Å². The zero-order valence-electron chi connectivity index (χ0n) is 12.4. The standard InChI is InChI=1S/C15H26N2O2S/c1-2-3-4-5-6-7-8-9-10-11-12-17-13(15(18)19)14(16)20-12/h2-11,16H2,1H3,(H,18,19). The van der Waals surface area contributed by atoms with Gasteiger partial charge in [0.05, 0.1) is 5.01 Å². The number of anilines is 1. The number of thiazole rings is 1. The van der Waals surface area contributed by atoms with Crippen molar-refractivity contribution in [2.24, 2.45) is 0 Å². The molecule has 0 radical (unpaired) electrons. The average Bonchev–Trinajstić information content (AvgIpc) is 2.78. The van der Waals surface area contributed by atoms with Crippen molar-refractivity contribution in [2.75, 3.05) is 5.73 Å². The smallest absolute Gasteiger partial charge is 0.357 e. The van der Waals surface area contributed by atoms with Crippen molar-refractivity contribution in [1.29, 1.82) is 0 Å². The van der Waals surface area contributed by atoms with Gasteiger partial charge in [0.2, 0.25) is 0 Å². The van der Waals surface area contributed by atoms with Crippen LogP contribution in [0, 0.1) is 0 Å². The molecule has 0 aliphatic heterocycles. The lowest BCUT2D eigenvalue weighted by atomic mass is 10.1. The molecule has 0 saturated carbocycles. The van der Waals surface area contributed by atoms with Gasteiger partial charge in [0.1, 0.15) is 5.00 Å². The highest BCUT2D eigenvalue weighted by molar-refractivity contribution is 7.15. The van der Waals surface area contributed by atoms with E-state index in [1.54, 1.807) is 0 Å². The first-order valence-electron chi connectivity index (χ1n) is 7.63. The molecule has 0 bridgehead atoms. The highest BCUT2D eigenvalue weighted by Gasteiger charge is 2.14. The fraction of sp³-hybridized carbons (Fsp3) is 0.733. The Morgan fingerprint density at radius 2 is 1.65 bits per heavy atom. The van der Waals surface area contributed by atoms with Gasteiger partial charge in [0.15, 0.2) is 5.69 Å². The summed E-state index contributed by atoms with van der Waals surface area (Å²) >= 11 is 1.31. The summed E-state index contributed by atoms with van der Waals surface area (Å²) in [5, 5.41) is 10.0. The van der Waals surface area contributed by atoms with E-state index in [2.05, 4.69) is 11.9 Å². The molecular weight excluding hydrogens is 272 g/mol. The molecule has 0 atom stereocenters. The number of carbonyl (C=O) groups is 1. The van der Waals surface area contributed by atoms with Gasteiger partial charge in [0.25, 0.3) is 0 Å². The molecule has 1 aromatic rings. The molecule has 0 saturated heterocycles. The lowest BCUT2D eigenvalue weighted by molar-refractivity contribution is 0.0692. The molecule has 3 N–H and O–H groups in total. The number of aromatic nitrogens is 1. The van der Waals surface area contributed by atoms with E-state index >= 15 is 0 Å². The van der Waals surface area contributed by atoms with Crippen LogP contribution in [0.1, 0.15) is 80.2 Å². The first-order chi connectivity index (χ1) is 9.65. The van der Waals surface area contributed by atoms with E-state index in [1.807, 2.05) is 0 Å². The van der Waals surface area contributed by atoms with Crippen LogP contribution in [0.3, 0.4) is 0 Å². The molecule has 0 fully saturated rings. The zero-order chi connectivity index (χ0) is 14.8. The molecule has 114 valence electrons. The SMILES string of the molecule is CCCCCCCCCCCc1nc(C(=O)O)c(N)s1. The van der Waals surface area contributed by atoms with E-state index in [4.69, 9.17) is 10.8 Å². The normalized spacial score (nSPS) is 10.8. The number of aryl methyl sites for hydroxylation is 1. The van der Waals surface area contributed by atoms with Gasteiger partial charge in [0, 0.05) is 0 Å². The second-order valence-electron chi connectivity index (χ2n) is 5.20. The fourth-order valence-corrected chi connectivity index (χ4v) is 3.09. The summed E-state index contributed by atoms with van der Waals surface area (Å²) in [4.78, 5) is 14.9. The van der Waals surface area contributed by atoms with Crippen molar-refractivity contribution in [1.82, 2.24) is 4.98 Å². The van der Waals surface area contributed by atoms with E-state index in [0.717, 1.165) is 17.8 Å². The van der Waals surface area contributed by atoms with Crippen molar-refractivity contribution in [3.05, 3.63) is 10.7 Å². The van der Waals surface area contributed by atoms with Gasteiger partial charge in [-0.25, -0.2) is 9.78 Å². The van der Waals surface area contributed by atoms with Crippen molar-refractivity contribution < 1.29 is 9.90 Å². The maximum Gasteiger partial charge on any atom is 0.357 e. The molecular formula is C15H26N2O2S. The Balaban J connectivity index is 2.07. The molecule has 0 amide bonds. The second-order valence-corrected chi connectivity index (χ2v) is 6.32. The van der Waals surface area contributed by atoms with Crippen LogP contribution in [-0.4, -0.2) is 16.1 Å². The van der Waals surface area contributed by atoms with E-state index in [9.17, 15) is 4.79 Å². The molecule has 0 spiro atoms. The Morgan fingerprint density at radius 3 is 2.15 bits per heavy atom. The summed E-state index contributed by atoms with van der Waals surface area (Å²) in [5.41, 5.74) is 5.64. The first-order valence-corrected chi connectivity index (χ1v) is 8.45. The second kappa shape index (κ2) is 9.75. The fourth-order valence-electron chi connectivity index (χ4n) is 2.22. The Labute approximate surface area is 125 Å². The Hall–Kier alpha value is -1.10. The van der Waals surface area contributed by atoms with Crippen LogP contribution in [0.25, 0.3) is 0 Å². The van der Waals surface area contributed by atoms with E-state index < -0.39 is 5.97 Å². The quantitative estimate of drug-likeness (QED) is 0.590. The number of hydrogen-bond donors (Lipinski definition) is 2. The summed E-state index contributed by atoms with van der Waals surface area (Å²) in [6.07, 6.45) is 12.4. The van der Waals surface area contributed by atoms with Crippen LogP contribution in [-0.2, 0) is 6.42 Å². The number of rotatable bonds is 11. The van der Waals surface area contributed by atoms with Crippen molar-refractivity contribution in [3.63, 3.8) is 0 Å². The molecule has 1 heterocycles. The molecule has 0 unspecified atom stereocenters. The van der Waals surface area contributed by atoms with Crippen LogP contribution in [0.15, 0.2) is 0 Å². The lowest BCUT2D eigenvalue weighted by Crippen LogP contribution is -2.00. The zero-order valence-corrected chi connectivity index (χ0v) is 13.2. The van der Waals surface area contributed by atoms with E-state index in [1.165, 1.54) is 62.7 Å². The first kappa shape index (κ1) is 17.0. The number of unbranched alkanes of at least 4 members (excludes halogenated alkanes) is 8. The van der Waals surface area contributed by atoms with Gasteiger partial charge in [-0.15, -0.1) is 11.3 Å². The van der Waals surface area contributed by atoms with Crippen LogP contribution in [0.4, 0.5) is 5.00 Å². The number of nitrogen functional groups attached to an aromatic ring is 1. The highest BCUT2D eigenvalue weighted by atomic mass is 32.1. The van der Waals surface area contributed by atoms with Crippen molar-refractivity contribution in [3.8, 4) is 0 Å². The summed E-state index contributed by atoms with van der Waals surface area (Å²) < 4.78 is 0. The summed E-state index contributed by atoms with van der Waals surface area (Å²) in [7, 11) is 0. The molecule has 20 heavy (non-hydrogen) atoms. The largest absolute Gasteiger partial charge is 0.476 e. The Bertz CT molecular complexity index is 405. The number of aromatic carboxylic acids is 1. The molecule has 1 aromatic heterocycles. The third-order valence-corrected chi connectivity index (χ3v) is 4.34. The number of carboxylic acid groups (broad SMARTS) is 1. The van der Waals surface area contributed by atoms with Gasteiger partial charge in [-0.1, -0.05) is 58.3 Å². The topological polar surface area (TPSA) is 76.2 Å². The maximum atomic E-state index is 10.8. The summed E-state index contributed by atoms with van der Waals surface area (Å²) in [5.74, 6) is -1.03. The molecule has 4 nitrogen and oxygen atoms in total. The predicted molar refractivity (Wildman–Crippen MR) is 84.4 cm³/mol. The number of nitrogens with zero attached hydrogens (tertiary/aromatic N) is 1. The number of hydrogen-bond acceptors (Lipinski definition) is 4. The molecule has 0 aromatic carbocycles. The van der Waals surface area contributed by atoms with E-state index in [0.29, 0.717) is 5.00 Å². The number of carboxylic acids is 1. The molecule has 5 heteroatoms. The van der Waals surface area contributed by atoms with Crippen LogP contribution >= 0.6 is 11.3 Å². The highest BCUT2D eigenvalue weighted by Crippen LogP contribution is 2.22. The predicted octanol–water partition coefficient (Wildman–Crippen LogP) is 4.50. The Morgan fingerprint density at radius 1 is 1.10 bits per heavy atom. The maximum absolute atomic E-state index is 10.8. The van der Waals surface area contributed by atoms with Gasteiger partial charge in [-0.05, 0) is 12.8 Å². The van der Waals surface area contributed by atoms with Crippen molar-refractivity contribution >= 4 is 22.3 Å². The molecule has 0 aliphatic rings. The van der Waals surface area contributed by atoms with Crippen molar-refractivity contribution in [2.45, 2.75) is 71.1 Å². The van der Waals surface area contributed by atoms with Gasteiger partial charge >= 0.3 is 5.97 Å². The lowest BCUT2D eigenvalue weighted by Gasteiger charge is -2.01. The summed E-state index contributed by atoms with van der Waals surface area (Å²) in [6.45, 7) is 2.24. The van der Waals surface area contributed by atoms with E-state index in [-0.39, 0.29) is 5.69 Å². The number of nitrogens with two attached hydrogens (primary N) is 1. The van der Waals surface area contributed by atoms with Crippen LogP contribution in [0.2, 0.25) is 0 Å².